The van der Waals surface area contributed by atoms with Crippen molar-refractivity contribution in [3.63, 3.8) is 0 Å². The molecule has 0 fully saturated rings. The average Bonchev–Trinajstić information content (AvgIpc) is 2.42. The van der Waals surface area contributed by atoms with Gasteiger partial charge in [-0.3, -0.25) is 0 Å². The van der Waals surface area contributed by atoms with Crippen LogP contribution in [0.3, 0.4) is 0 Å². The number of para-hydroxylation sites is 1. The minimum absolute atomic E-state index is 0.492. The van der Waals surface area contributed by atoms with Gasteiger partial charge in [-0.05, 0) is 24.6 Å². The van der Waals surface area contributed by atoms with Gasteiger partial charge in [-0.15, -0.1) is 0 Å². The summed E-state index contributed by atoms with van der Waals surface area (Å²) in [5.41, 5.74) is 0.0343. The summed E-state index contributed by atoms with van der Waals surface area (Å²) < 4.78 is 0. The van der Waals surface area contributed by atoms with Gasteiger partial charge in [0.25, 0.3) is 0 Å². The van der Waals surface area contributed by atoms with Crippen molar-refractivity contribution < 1.29 is 9.90 Å². The number of carboxylic acid groups (broad SMARTS) is 1. The van der Waals surface area contributed by atoms with Gasteiger partial charge in [-0.25, -0.2) is 4.79 Å². The van der Waals surface area contributed by atoms with E-state index in [1.54, 1.807) is 37.3 Å². The molecule has 0 saturated heterocycles. The van der Waals surface area contributed by atoms with Crippen LogP contribution in [-0.2, 0) is 10.3 Å². The molecule has 2 aromatic rings. The molecule has 2 N–H and O–H groups in total. The predicted molar refractivity (Wildman–Crippen MR) is 76.5 cm³/mol. The Bertz CT molecular complexity index is 586. The molecule has 1 atom stereocenters. The molecule has 19 heavy (non-hydrogen) atoms. The van der Waals surface area contributed by atoms with E-state index in [4.69, 9.17) is 11.6 Å². The zero-order valence-corrected chi connectivity index (χ0v) is 11.2. The first kappa shape index (κ1) is 13.4. The number of carboxylic acids is 1. The van der Waals surface area contributed by atoms with E-state index in [0.29, 0.717) is 16.3 Å². The van der Waals surface area contributed by atoms with Gasteiger partial charge in [-0.2, -0.15) is 0 Å². The van der Waals surface area contributed by atoms with E-state index >= 15 is 0 Å². The van der Waals surface area contributed by atoms with Crippen LogP contribution in [-0.4, -0.2) is 11.1 Å². The van der Waals surface area contributed by atoms with E-state index in [1.807, 2.05) is 24.3 Å². The van der Waals surface area contributed by atoms with Crippen LogP contribution in [0.4, 0.5) is 5.69 Å². The Morgan fingerprint density at radius 3 is 2.26 bits per heavy atom. The summed E-state index contributed by atoms with van der Waals surface area (Å²) >= 11 is 6.07. The normalized spacial score (nSPS) is 13.6. The van der Waals surface area contributed by atoms with Crippen LogP contribution >= 0.6 is 11.6 Å². The molecule has 98 valence electrons. The molecule has 0 aliphatic heterocycles. The van der Waals surface area contributed by atoms with Crippen molar-refractivity contribution in [3.8, 4) is 0 Å². The highest BCUT2D eigenvalue weighted by Gasteiger charge is 2.35. The monoisotopic (exact) mass is 275 g/mol. The van der Waals surface area contributed by atoms with Gasteiger partial charge in [0.2, 0.25) is 0 Å². The second kappa shape index (κ2) is 5.33. The largest absolute Gasteiger partial charge is 0.479 e. The topological polar surface area (TPSA) is 49.3 Å². The van der Waals surface area contributed by atoms with Crippen molar-refractivity contribution in [2.24, 2.45) is 0 Å². The minimum Gasteiger partial charge on any atom is -0.479 e. The fourth-order valence-corrected chi connectivity index (χ4v) is 2.04. The standard InChI is InChI=1S/C15H14ClNO2/c1-15(14(18)19,11-7-3-2-4-8-11)17-13-10-6-5-9-12(13)16/h2-10,17H,1H3,(H,18,19). The van der Waals surface area contributed by atoms with Gasteiger partial charge in [0.05, 0.1) is 10.7 Å². The van der Waals surface area contributed by atoms with Crippen LogP contribution in [0.15, 0.2) is 54.6 Å². The highest BCUT2D eigenvalue weighted by atomic mass is 35.5. The summed E-state index contributed by atoms with van der Waals surface area (Å²) in [6, 6.07) is 16.1. The fraction of sp³-hybridized carbons (Fsp3) is 0.133. The summed E-state index contributed by atoms with van der Waals surface area (Å²) in [6.07, 6.45) is 0. The summed E-state index contributed by atoms with van der Waals surface area (Å²) in [7, 11) is 0. The van der Waals surface area contributed by atoms with Crippen LogP contribution in [0.25, 0.3) is 0 Å². The smallest absolute Gasteiger partial charge is 0.333 e. The van der Waals surface area contributed by atoms with E-state index < -0.39 is 11.5 Å². The third kappa shape index (κ3) is 2.71. The lowest BCUT2D eigenvalue weighted by molar-refractivity contribution is -0.142. The van der Waals surface area contributed by atoms with Gasteiger partial charge >= 0.3 is 5.97 Å². The number of benzene rings is 2. The zero-order chi connectivity index (χ0) is 13.9. The molecule has 4 heteroatoms. The van der Waals surface area contributed by atoms with E-state index in [0.717, 1.165) is 0 Å². The average molecular weight is 276 g/mol. The lowest BCUT2D eigenvalue weighted by Crippen LogP contribution is -2.40. The molecule has 0 spiro atoms. The number of rotatable bonds is 4. The number of hydrogen-bond acceptors (Lipinski definition) is 2. The lowest BCUT2D eigenvalue weighted by Gasteiger charge is -2.28. The lowest BCUT2D eigenvalue weighted by atomic mass is 9.91. The Labute approximate surface area is 116 Å². The molecule has 0 aromatic heterocycles. The van der Waals surface area contributed by atoms with Crippen LogP contribution in [0.2, 0.25) is 5.02 Å². The molecule has 0 saturated carbocycles. The Hall–Kier alpha value is -2.00. The van der Waals surface area contributed by atoms with Crippen LogP contribution in [0.5, 0.6) is 0 Å². The molecule has 0 aliphatic rings. The highest BCUT2D eigenvalue weighted by Crippen LogP contribution is 2.30. The highest BCUT2D eigenvalue weighted by molar-refractivity contribution is 6.33. The maximum atomic E-state index is 11.6. The summed E-state index contributed by atoms with van der Waals surface area (Å²) in [6.45, 7) is 1.62. The van der Waals surface area contributed by atoms with Gasteiger partial charge in [-0.1, -0.05) is 54.1 Å². The van der Waals surface area contributed by atoms with Crippen LogP contribution in [0.1, 0.15) is 12.5 Å². The number of carbonyl (C=O) groups is 1. The van der Waals surface area contributed by atoms with E-state index in [-0.39, 0.29) is 0 Å². The summed E-state index contributed by atoms with van der Waals surface area (Å²) in [4.78, 5) is 11.6. The van der Waals surface area contributed by atoms with Gasteiger partial charge in [0.1, 0.15) is 0 Å². The van der Waals surface area contributed by atoms with Crippen molar-refractivity contribution >= 4 is 23.3 Å². The number of aliphatic carboxylic acids is 1. The Kier molecular flexibility index (Phi) is 3.76. The van der Waals surface area contributed by atoms with Crippen molar-refractivity contribution in [1.82, 2.24) is 0 Å². The maximum absolute atomic E-state index is 11.6. The molecule has 0 amide bonds. The Balaban J connectivity index is 2.42. The van der Waals surface area contributed by atoms with E-state index in [2.05, 4.69) is 5.32 Å². The second-order valence-electron chi connectivity index (χ2n) is 4.40. The van der Waals surface area contributed by atoms with Gasteiger partial charge in [0.15, 0.2) is 5.54 Å². The van der Waals surface area contributed by atoms with Crippen LogP contribution < -0.4 is 5.32 Å². The van der Waals surface area contributed by atoms with E-state index in [1.165, 1.54) is 0 Å². The first-order valence-corrected chi connectivity index (χ1v) is 6.23. The van der Waals surface area contributed by atoms with Gasteiger partial charge < -0.3 is 10.4 Å². The molecule has 2 aromatic carbocycles. The molecule has 0 bridgehead atoms. The number of anilines is 1. The molecule has 0 aliphatic carbocycles. The third-order valence-corrected chi connectivity index (χ3v) is 3.37. The summed E-state index contributed by atoms with van der Waals surface area (Å²) in [5, 5.41) is 13.0. The quantitative estimate of drug-likeness (QED) is 0.893. The molecule has 0 heterocycles. The molecule has 1 unspecified atom stereocenters. The molecular weight excluding hydrogens is 262 g/mol. The predicted octanol–water partition coefficient (Wildman–Crippen LogP) is 3.75. The first-order chi connectivity index (χ1) is 9.04. The SMILES string of the molecule is CC(Nc1ccccc1Cl)(C(=O)O)c1ccccc1. The number of halogens is 1. The first-order valence-electron chi connectivity index (χ1n) is 5.85. The molecule has 2 rings (SSSR count). The number of nitrogens with one attached hydrogen (secondary N) is 1. The van der Waals surface area contributed by atoms with Crippen LogP contribution in [0, 0.1) is 0 Å². The van der Waals surface area contributed by atoms with Crippen molar-refractivity contribution in [1.29, 1.82) is 0 Å². The Morgan fingerprint density at radius 2 is 1.68 bits per heavy atom. The zero-order valence-electron chi connectivity index (χ0n) is 10.4. The van der Waals surface area contributed by atoms with E-state index in [9.17, 15) is 9.90 Å². The van der Waals surface area contributed by atoms with Crippen molar-refractivity contribution in [2.75, 3.05) is 5.32 Å². The van der Waals surface area contributed by atoms with Gasteiger partial charge in [0, 0.05) is 0 Å². The maximum Gasteiger partial charge on any atom is 0.333 e. The second-order valence-corrected chi connectivity index (χ2v) is 4.81. The molecule has 0 radical (unpaired) electrons. The number of hydrogen-bond donors (Lipinski definition) is 2. The molecule has 3 nitrogen and oxygen atoms in total. The summed E-state index contributed by atoms with van der Waals surface area (Å²) in [5.74, 6) is -0.960. The van der Waals surface area contributed by atoms with Crippen molar-refractivity contribution in [3.05, 3.63) is 65.2 Å². The molecular formula is C15H14ClNO2. The minimum atomic E-state index is -1.23. The Morgan fingerprint density at radius 1 is 1.11 bits per heavy atom. The third-order valence-electron chi connectivity index (χ3n) is 3.04. The fourth-order valence-electron chi connectivity index (χ4n) is 1.85. The van der Waals surface area contributed by atoms with Crippen molar-refractivity contribution in [2.45, 2.75) is 12.5 Å².